The van der Waals surface area contributed by atoms with Gasteiger partial charge in [-0.1, -0.05) is 6.08 Å². The Morgan fingerprint density at radius 3 is 3.06 bits per heavy atom. The van der Waals surface area contributed by atoms with Gasteiger partial charge in [-0.15, -0.1) is 6.58 Å². The van der Waals surface area contributed by atoms with E-state index >= 15 is 0 Å². The minimum absolute atomic E-state index is 0.335. The topological polar surface area (TPSA) is 50.9 Å². The van der Waals surface area contributed by atoms with E-state index in [1.54, 1.807) is 6.20 Å². The van der Waals surface area contributed by atoms with E-state index in [2.05, 4.69) is 23.8 Å². The molecule has 1 atom stereocenters. The van der Waals surface area contributed by atoms with E-state index in [0.717, 1.165) is 28.7 Å². The van der Waals surface area contributed by atoms with Crippen molar-refractivity contribution in [3.05, 3.63) is 43.1 Å². The van der Waals surface area contributed by atoms with Gasteiger partial charge in [-0.25, -0.2) is 0 Å². The number of benzene rings is 1. The average molecular weight is 227 g/mol. The molecule has 1 heterocycles. The SMILES string of the molecule is C=CCC(C)Nc1ccc(N)c2cccnc12. The summed E-state index contributed by atoms with van der Waals surface area (Å²) >= 11 is 0. The minimum atomic E-state index is 0.335. The van der Waals surface area contributed by atoms with Crippen molar-refractivity contribution in [2.24, 2.45) is 0 Å². The van der Waals surface area contributed by atoms with Crippen LogP contribution in [0.1, 0.15) is 13.3 Å². The molecule has 0 fully saturated rings. The maximum absolute atomic E-state index is 5.93. The van der Waals surface area contributed by atoms with Crippen LogP contribution >= 0.6 is 0 Å². The third-order valence-corrected chi connectivity index (χ3v) is 2.73. The molecule has 1 aromatic heterocycles. The first kappa shape index (κ1) is 11.5. The number of nitrogens with one attached hydrogen (secondary N) is 1. The second-order valence-corrected chi connectivity index (χ2v) is 4.17. The van der Waals surface area contributed by atoms with E-state index in [4.69, 9.17) is 5.73 Å². The monoisotopic (exact) mass is 227 g/mol. The molecular formula is C14H17N3. The van der Waals surface area contributed by atoms with Gasteiger partial charge in [0.05, 0.1) is 11.2 Å². The van der Waals surface area contributed by atoms with Crippen LogP contribution in [0.2, 0.25) is 0 Å². The van der Waals surface area contributed by atoms with Crippen molar-refractivity contribution in [2.45, 2.75) is 19.4 Å². The van der Waals surface area contributed by atoms with E-state index in [9.17, 15) is 0 Å². The lowest BCUT2D eigenvalue weighted by Crippen LogP contribution is -2.14. The average Bonchev–Trinajstić information content (AvgIpc) is 2.34. The van der Waals surface area contributed by atoms with Crippen LogP contribution in [0.3, 0.4) is 0 Å². The molecule has 0 saturated heterocycles. The van der Waals surface area contributed by atoms with Gasteiger partial charge >= 0.3 is 0 Å². The minimum Gasteiger partial charge on any atom is -0.398 e. The molecule has 0 radical (unpaired) electrons. The maximum Gasteiger partial charge on any atom is 0.0953 e. The lowest BCUT2D eigenvalue weighted by molar-refractivity contribution is 0.815. The second kappa shape index (κ2) is 4.87. The van der Waals surface area contributed by atoms with Gasteiger partial charge in [0.2, 0.25) is 0 Å². The molecule has 17 heavy (non-hydrogen) atoms. The van der Waals surface area contributed by atoms with Crippen LogP contribution in [0.4, 0.5) is 11.4 Å². The summed E-state index contributed by atoms with van der Waals surface area (Å²) in [6, 6.07) is 8.11. The molecule has 2 rings (SSSR count). The largest absolute Gasteiger partial charge is 0.398 e. The van der Waals surface area contributed by atoms with Crippen molar-refractivity contribution in [1.29, 1.82) is 0 Å². The van der Waals surface area contributed by atoms with Crippen molar-refractivity contribution < 1.29 is 0 Å². The molecule has 0 saturated carbocycles. The fraction of sp³-hybridized carbons (Fsp3) is 0.214. The summed E-state index contributed by atoms with van der Waals surface area (Å²) in [7, 11) is 0. The number of rotatable bonds is 4. The van der Waals surface area contributed by atoms with Crippen LogP contribution in [-0.4, -0.2) is 11.0 Å². The number of aromatic nitrogens is 1. The highest BCUT2D eigenvalue weighted by atomic mass is 14.9. The fourth-order valence-electron chi connectivity index (χ4n) is 1.89. The van der Waals surface area contributed by atoms with Crippen molar-refractivity contribution in [2.75, 3.05) is 11.1 Å². The number of nitrogens with two attached hydrogens (primary N) is 1. The van der Waals surface area contributed by atoms with Crippen LogP contribution in [0.5, 0.6) is 0 Å². The predicted molar refractivity (Wildman–Crippen MR) is 74.1 cm³/mol. The van der Waals surface area contributed by atoms with Crippen LogP contribution in [-0.2, 0) is 0 Å². The quantitative estimate of drug-likeness (QED) is 0.623. The number of fused-ring (bicyclic) bond motifs is 1. The molecule has 0 aliphatic rings. The summed E-state index contributed by atoms with van der Waals surface area (Å²) in [4.78, 5) is 4.39. The Hall–Kier alpha value is -2.03. The molecule has 0 aliphatic carbocycles. The molecule has 1 aromatic carbocycles. The lowest BCUT2D eigenvalue weighted by Gasteiger charge is -2.15. The van der Waals surface area contributed by atoms with Gasteiger partial charge in [0.15, 0.2) is 0 Å². The normalized spacial score (nSPS) is 12.3. The number of nitrogens with zero attached hydrogens (tertiary/aromatic N) is 1. The Morgan fingerprint density at radius 1 is 1.47 bits per heavy atom. The van der Waals surface area contributed by atoms with E-state index in [1.807, 2.05) is 30.3 Å². The van der Waals surface area contributed by atoms with Crippen LogP contribution in [0.25, 0.3) is 10.9 Å². The number of hydrogen-bond donors (Lipinski definition) is 2. The van der Waals surface area contributed by atoms with Gasteiger partial charge in [-0.2, -0.15) is 0 Å². The molecule has 0 spiro atoms. The molecule has 3 N–H and O–H groups in total. The summed E-state index contributed by atoms with van der Waals surface area (Å²) in [5, 5.41) is 4.41. The van der Waals surface area contributed by atoms with E-state index < -0.39 is 0 Å². The zero-order chi connectivity index (χ0) is 12.3. The van der Waals surface area contributed by atoms with E-state index in [0.29, 0.717) is 6.04 Å². The lowest BCUT2D eigenvalue weighted by atomic mass is 10.1. The van der Waals surface area contributed by atoms with Crippen LogP contribution in [0, 0.1) is 0 Å². The summed E-state index contributed by atoms with van der Waals surface area (Å²) in [6.07, 6.45) is 4.61. The maximum atomic E-state index is 5.93. The number of anilines is 2. The van der Waals surface area contributed by atoms with Crippen LogP contribution < -0.4 is 11.1 Å². The van der Waals surface area contributed by atoms with Gasteiger partial charge in [-0.3, -0.25) is 4.98 Å². The van der Waals surface area contributed by atoms with E-state index in [-0.39, 0.29) is 0 Å². The molecule has 0 bridgehead atoms. The van der Waals surface area contributed by atoms with Gasteiger partial charge < -0.3 is 11.1 Å². The molecule has 1 unspecified atom stereocenters. The fourth-order valence-corrected chi connectivity index (χ4v) is 1.89. The number of hydrogen-bond acceptors (Lipinski definition) is 3. The predicted octanol–water partition coefficient (Wildman–Crippen LogP) is 3.19. The van der Waals surface area contributed by atoms with Crippen molar-refractivity contribution in [3.8, 4) is 0 Å². The zero-order valence-corrected chi connectivity index (χ0v) is 9.98. The third kappa shape index (κ3) is 2.38. The smallest absolute Gasteiger partial charge is 0.0953 e. The Bertz CT molecular complexity index is 534. The molecule has 88 valence electrons. The Morgan fingerprint density at radius 2 is 2.29 bits per heavy atom. The molecular weight excluding hydrogens is 210 g/mol. The first-order valence-electron chi connectivity index (χ1n) is 5.73. The summed E-state index contributed by atoms with van der Waals surface area (Å²) in [5.74, 6) is 0. The zero-order valence-electron chi connectivity index (χ0n) is 9.98. The number of nitrogen functional groups attached to an aromatic ring is 1. The summed E-state index contributed by atoms with van der Waals surface area (Å²) < 4.78 is 0. The van der Waals surface area contributed by atoms with Gasteiger partial charge in [0, 0.05) is 23.3 Å². The first-order chi connectivity index (χ1) is 8.22. The molecule has 0 amide bonds. The third-order valence-electron chi connectivity index (χ3n) is 2.73. The number of pyridine rings is 1. The van der Waals surface area contributed by atoms with Crippen LogP contribution in [0.15, 0.2) is 43.1 Å². The van der Waals surface area contributed by atoms with Gasteiger partial charge in [0.1, 0.15) is 0 Å². The molecule has 3 nitrogen and oxygen atoms in total. The Balaban J connectivity index is 2.41. The Labute approximate surface area is 101 Å². The molecule has 2 aromatic rings. The standard InChI is InChI=1S/C14H17N3/c1-3-5-10(2)17-13-8-7-12(15)11-6-4-9-16-14(11)13/h3-4,6-10,17H,1,5,15H2,2H3. The van der Waals surface area contributed by atoms with E-state index in [1.165, 1.54) is 0 Å². The summed E-state index contributed by atoms with van der Waals surface area (Å²) in [5.41, 5.74) is 8.63. The summed E-state index contributed by atoms with van der Waals surface area (Å²) in [6.45, 7) is 5.86. The van der Waals surface area contributed by atoms with Crippen molar-refractivity contribution >= 4 is 22.3 Å². The van der Waals surface area contributed by atoms with Gasteiger partial charge in [0.25, 0.3) is 0 Å². The highest BCUT2D eigenvalue weighted by Crippen LogP contribution is 2.26. The highest BCUT2D eigenvalue weighted by molar-refractivity contribution is 5.98. The molecule has 3 heteroatoms. The second-order valence-electron chi connectivity index (χ2n) is 4.17. The first-order valence-corrected chi connectivity index (χ1v) is 5.73. The highest BCUT2D eigenvalue weighted by Gasteiger charge is 2.06. The van der Waals surface area contributed by atoms with Gasteiger partial charge in [-0.05, 0) is 37.6 Å². The van der Waals surface area contributed by atoms with Crippen molar-refractivity contribution in [1.82, 2.24) is 4.98 Å². The van der Waals surface area contributed by atoms with Crippen molar-refractivity contribution in [3.63, 3.8) is 0 Å². The Kier molecular flexibility index (Phi) is 3.28. The molecule has 0 aliphatic heterocycles.